The van der Waals surface area contributed by atoms with E-state index in [0.29, 0.717) is 34.6 Å². The van der Waals surface area contributed by atoms with Crippen molar-refractivity contribution in [2.45, 2.75) is 27.3 Å². The normalized spacial score (nSPS) is 10.7. The molecule has 0 saturated carbocycles. The van der Waals surface area contributed by atoms with Crippen LogP contribution in [0.1, 0.15) is 23.9 Å². The first-order valence-electron chi connectivity index (χ1n) is 9.16. The molecule has 2 N–H and O–H groups in total. The van der Waals surface area contributed by atoms with Gasteiger partial charge in [0.15, 0.2) is 0 Å². The van der Waals surface area contributed by atoms with Crippen molar-refractivity contribution in [3.8, 4) is 5.75 Å². The third kappa shape index (κ3) is 5.22. The molecule has 0 saturated heterocycles. The molecule has 0 fully saturated rings. The molecule has 3 aromatic rings. The van der Waals surface area contributed by atoms with Crippen molar-refractivity contribution >= 4 is 40.6 Å². The van der Waals surface area contributed by atoms with Gasteiger partial charge < -0.3 is 15.4 Å². The molecular weight excluding hydrogens is 411 g/mol. The minimum Gasteiger partial charge on any atom is -0.494 e. The molecule has 0 aliphatic rings. The molecule has 152 valence electrons. The summed E-state index contributed by atoms with van der Waals surface area (Å²) in [5.74, 6) is 0.758. The van der Waals surface area contributed by atoms with E-state index in [1.54, 1.807) is 18.2 Å². The van der Waals surface area contributed by atoms with E-state index in [2.05, 4.69) is 15.7 Å². The Morgan fingerprint density at radius 3 is 2.45 bits per heavy atom. The van der Waals surface area contributed by atoms with Crippen molar-refractivity contribution in [1.29, 1.82) is 0 Å². The fraction of sp³-hybridized carbons (Fsp3) is 0.238. The van der Waals surface area contributed by atoms with Gasteiger partial charge in [0.2, 0.25) is 0 Å². The summed E-state index contributed by atoms with van der Waals surface area (Å²) in [6, 6.07) is 12.3. The molecule has 6 nitrogen and oxygen atoms in total. The Labute approximate surface area is 179 Å². The van der Waals surface area contributed by atoms with E-state index in [1.807, 2.05) is 49.7 Å². The number of benzene rings is 2. The van der Waals surface area contributed by atoms with Gasteiger partial charge in [0.05, 0.1) is 40.3 Å². The second-order valence-electron chi connectivity index (χ2n) is 6.49. The van der Waals surface area contributed by atoms with Crippen molar-refractivity contribution in [2.75, 3.05) is 17.2 Å². The zero-order valence-corrected chi connectivity index (χ0v) is 17.9. The average Bonchev–Trinajstić information content (AvgIpc) is 2.94. The van der Waals surface area contributed by atoms with Gasteiger partial charge in [0.1, 0.15) is 5.75 Å². The smallest absolute Gasteiger partial charge is 0.323 e. The van der Waals surface area contributed by atoms with Gasteiger partial charge in [-0.3, -0.25) is 4.68 Å². The Hall–Kier alpha value is -2.70. The van der Waals surface area contributed by atoms with E-state index in [-0.39, 0.29) is 6.03 Å². The number of aromatic nitrogens is 2. The minimum atomic E-state index is -0.338. The molecule has 0 radical (unpaired) electrons. The van der Waals surface area contributed by atoms with Crippen molar-refractivity contribution in [2.24, 2.45) is 0 Å². The zero-order valence-electron chi connectivity index (χ0n) is 16.4. The zero-order chi connectivity index (χ0) is 21.0. The van der Waals surface area contributed by atoms with Gasteiger partial charge in [0.25, 0.3) is 0 Å². The molecule has 1 aromatic heterocycles. The van der Waals surface area contributed by atoms with Crippen LogP contribution in [0.15, 0.2) is 42.5 Å². The Balaban J connectivity index is 1.69. The summed E-state index contributed by atoms with van der Waals surface area (Å²) < 4.78 is 7.22. The van der Waals surface area contributed by atoms with Crippen LogP contribution in [-0.2, 0) is 6.54 Å². The quantitative estimate of drug-likeness (QED) is 0.509. The van der Waals surface area contributed by atoms with Crippen LogP contribution in [0.5, 0.6) is 5.75 Å². The van der Waals surface area contributed by atoms with Gasteiger partial charge >= 0.3 is 6.03 Å². The molecule has 0 aliphatic carbocycles. The SMILES string of the molecule is CCOc1ccc(NC(=O)Nc2c(C)nn(Cc3ccc(Cl)c(Cl)c3)c2C)cc1. The van der Waals surface area contributed by atoms with Crippen LogP contribution in [-0.4, -0.2) is 22.4 Å². The van der Waals surface area contributed by atoms with Crippen LogP contribution >= 0.6 is 23.2 Å². The highest BCUT2D eigenvalue weighted by Crippen LogP contribution is 2.25. The number of amides is 2. The van der Waals surface area contributed by atoms with Gasteiger partial charge in [-0.15, -0.1) is 0 Å². The summed E-state index contributed by atoms with van der Waals surface area (Å²) in [4.78, 5) is 12.4. The van der Waals surface area contributed by atoms with Crippen molar-refractivity contribution in [3.05, 3.63) is 69.5 Å². The lowest BCUT2D eigenvalue weighted by molar-refractivity contribution is 0.262. The molecule has 8 heteroatoms. The number of carbonyl (C=O) groups is 1. The van der Waals surface area contributed by atoms with E-state index in [9.17, 15) is 4.79 Å². The molecule has 3 rings (SSSR count). The fourth-order valence-corrected chi connectivity index (χ4v) is 3.24. The Morgan fingerprint density at radius 2 is 1.79 bits per heavy atom. The number of nitrogens with zero attached hydrogens (tertiary/aromatic N) is 2. The number of carbonyl (C=O) groups excluding carboxylic acids is 1. The van der Waals surface area contributed by atoms with Crippen molar-refractivity contribution in [1.82, 2.24) is 9.78 Å². The van der Waals surface area contributed by atoms with Crippen LogP contribution in [0.3, 0.4) is 0 Å². The summed E-state index contributed by atoms with van der Waals surface area (Å²) in [6.45, 7) is 6.80. The van der Waals surface area contributed by atoms with E-state index >= 15 is 0 Å². The maximum Gasteiger partial charge on any atom is 0.323 e. The number of urea groups is 1. The number of hydrogen-bond donors (Lipinski definition) is 2. The molecular formula is C21H22Cl2N4O2. The Kier molecular flexibility index (Phi) is 6.67. The molecule has 29 heavy (non-hydrogen) atoms. The lowest BCUT2D eigenvalue weighted by atomic mass is 10.2. The average molecular weight is 433 g/mol. The predicted octanol–water partition coefficient (Wildman–Crippen LogP) is 5.90. The van der Waals surface area contributed by atoms with E-state index < -0.39 is 0 Å². The second-order valence-corrected chi connectivity index (χ2v) is 7.30. The first-order chi connectivity index (χ1) is 13.9. The highest BCUT2D eigenvalue weighted by atomic mass is 35.5. The molecule has 2 amide bonds. The number of aryl methyl sites for hydroxylation is 1. The first kappa shape index (κ1) is 21.0. The van der Waals surface area contributed by atoms with Gasteiger partial charge in [0, 0.05) is 5.69 Å². The topological polar surface area (TPSA) is 68.2 Å². The van der Waals surface area contributed by atoms with Crippen molar-refractivity contribution in [3.63, 3.8) is 0 Å². The van der Waals surface area contributed by atoms with Crippen LogP contribution < -0.4 is 15.4 Å². The molecule has 0 bridgehead atoms. The molecule has 2 aromatic carbocycles. The highest BCUT2D eigenvalue weighted by molar-refractivity contribution is 6.42. The fourth-order valence-electron chi connectivity index (χ4n) is 2.92. The van der Waals surface area contributed by atoms with Gasteiger partial charge in [-0.2, -0.15) is 5.10 Å². The highest BCUT2D eigenvalue weighted by Gasteiger charge is 2.15. The third-order valence-electron chi connectivity index (χ3n) is 4.36. The van der Waals surface area contributed by atoms with Gasteiger partial charge in [-0.1, -0.05) is 29.3 Å². The summed E-state index contributed by atoms with van der Waals surface area (Å²) >= 11 is 12.1. The molecule has 0 unspecified atom stereocenters. The second kappa shape index (κ2) is 9.20. The number of anilines is 2. The van der Waals surface area contributed by atoms with Gasteiger partial charge in [-0.25, -0.2) is 4.79 Å². The van der Waals surface area contributed by atoms with Gasteiger partial charge in [-0.05, 0) is 62.7 Å². The summed E-state index contributed by atoms with van der Waals surface area (Å²) in [5.41, 5.74) is 3.88. The van der Waals surface area contributed by atoms with E-state index in [4.69, 9.17) is 27.9 Å². The van der Waals surface area contributed by atoms with Crippen LogP contribution in [0.4, 0.5) is 16.2 Å². The molecule has 0 aliphatic heterocycles. The maximum atomic E-state index is 12.4. The first-order valence-corrected chi connectivity index (χ1v) is 9.91. The Morgan fingerprint density at radius 1 is 1.07 bits per heavy atom. The number of rotatable bonds is 6. The Bertz CT molecular complexity index is 1020. The number of hydrogen-bond acceptors (Lipinski definition) is 3. The molecule has 1 heterocycles. The summed E-state index contributed by atoms with van der Waals surface area (Å²) in [5, 5.41) is 11.2. The lowest BCUT2D eigenvalue weighted by Crippen LogP contribution is -2.20. The minimum absolute atomic E-state index is 0.338. The predicted molar refractivity (Wildman–Crippen MR) is 118 cm³/mol. The number of nitrogens with one attached hydrogen (secondary N) is 2. The standard InChI is InChI=1S/C21H22Cl2N4O2/c1-4-29-17-8-6-16(7-9-17)24-21(28)25-20-13(2)26-27(14(20)3)12-15-5-10-18(22)19(23)11-15/h5-11H,4,12H2,1-3H3,(H2,24,25,28). The maximum absolute atomic E-state index is 12.4. The largest absolute Gasteiger partial charge is 0.494 e. The van der Waals surface area contributed by atoms with Crippen LogP contribution in [0.25, 0.3) is 0 Å². The number of halogens is 2. The molecule has 0 atom stereocenters. The van der Waals surface area contributed by atoms with Crippen LogP contribution in [0.2, 0.25) is 10.0 Å². The monoisotopic (exact) mass is 432 g/mol. The van der Waals surface area contributed by atoms with E-state index in [1.165, 1.54) is 0 Å². The third-order valence-corrected chi connectivity index (χ3v) is 5.10. The van der Waals surface area contributed by atoms with Crippen molar-refractivity contribution < 1.29 is 9.53 Å². The van der Waals surface area contributed by atoms with E-state index in [0.717, 1.165) is 22.7 Å². The number of ether oxygens (including phenoxy) is 1. The lowest BCUT2D eigenvalue weighted by Gasteiger charge is -2.10. The molecule has 0 spiro atoms. The summed E-state index contributed by atoms with van der Waals surface area (Å²) in [6.07, 6.45) is 0. The summed E-state index contributed by atoms with van der Waals surface area (Å²) in [7, 11) is 0. The van der Waals surface area contributed by atoms with Crippen LogP contribution in [0, 0.1) is 13.8 Å².